The number of ether oxygens (including phenoxy) is 4. The molecule has 0 saturated carbocycles. The third-order valence-corrected chi connectivity index (χ3v) is 3.19. The van der Waals surface area contributed by atoms with Crippen molar-refractivity contribution in [3.8, 4) is 0 Å². The topological polar surface area (TPSA) is 36.9 Å². The maximum atomic E-state index is 5.67. The summed E-state index contributed by atoms with van der Waals surface area (Å²) in [5, 5.41) is 0. The molecule has 0 radical (unpaired) electrons. The fourth-order valence-electron chi connectivity index (χ4n) is 1.98. The molecule has 96 valence electrons. The van der Waals surface area contributed by atoms with E-state index in [4.69, 9.17) is 18.9 Å². The van der Waals surface area contributed by atoms with Gasteiger partial charge in [-0.15, -0.1) is 0 Å². The highest BCUT2D eigenvalue weighted by Gasteiger charge is 2.37. The molecule has 1 aliphatic heterocycles. The Morgan fingerprint density at radius 2 is 1.88 bits per heavy atom. The van der Waals surface area contributed by atoms with Gasteiger partial charge >= 0.3 is 0 Å². The van der Waals surface area contributed by atoms with E-state index in [1.54, 1.807) is 7.11 Å². The van der Waals surface area contributed by atoms with Crippen molar-refractivity contribution >= 4 is 0 Å². The zero-order valence-electron chi connectivity index (χ0n) is 10.9. The number of hydrogen-bond acceptors (Lipinski definition) is 4. The van der Waals surface area contributed by atoms with Gasteiger partial charge in [-0.1, -0.05) is 6.92 Å². The summed E-state index contributed by atoms with van der Waals surface area (Å²) < 4.78 is 22.3. The van der Waals surface area contributed by atoms with Gasteiger partial charge in [0.15, 0.2) is 11.6 Å². The van der Waals surface area contributed by atoms with E-state index in [2.05, 4.69) is 6.92 Å². The standard InChI is InChI=1S/C12H24O4/c1-5-12(15-9-10-16-12)8-7-11(3,13-4)14-6-2/h5-10H2,1-4H3/t11-/m0/s1. The van der Waals surface area contributed by atoms with Crippen LogP contribution in [-0.4, -0.2) is 38.5 Å². The molecule has 0 spiro atoms. The fourth-order valence-corrected chi connectivity index (χ4v) is 1.98. The molecule has 16 heavy (non-hydrogen) atoms. The molecular formula is C12H24O4. The zero-order chi connectivity index (χ0) is 12.1. The summed E-state index contributed by atoms with van der Waals surface area (Å²) >= 11 is 0. The monoisotopic (exact) mass is 232 g/mol. The molecule has 0 amide bonds. The van der Waals surface area contributed by atoms with Gasteiger partial charge in [0.1, 0.15) is 0 Å². The largest absolute Gasteiger partial charge is 0.353 e. The number of rotatable bonds is 7. The van der Waals surface area contributed by atoms with Crippen LogP contribution in [-0.2, 0) is 18.9 Å². The lowest BCUT2D eigenvalue weighted by atomic mass is 10.0. The van der Waals surface area contributed by atoms with Crippen molar-refractivity contribution in [2.75, 3.05) is 26.9 Å². The molecule has 0 unspecified atom stereocenters. The first-order valence-electron chi connectivity index (χ1n) is 6.07. The Bertz CT molecular complexity index is 201. The molecule has 0 bridgehead atoms. The minimum Gasteiger partial charge on any atom is -0.353 e. The lowest BCUT2D eigenvalue weighted by Gasteiger charge is -2.32. The average Bonchev–Trinajstić information content (AvgIpc) is 2.76. The van der Waals surface area contributed by atoms with Gasteiger partial charge in [0.05, 0.1) is 13.2 Å². The van der Waals surface area contributed by atoms with Gasteiger partial charge < -0.3 is 18.9 Å². The first-order chi connectivity index (χ1) is 7.60. The Morgan fingerprint density at radius 3 is 2.31 bits per heavy atom. The Morgan fingerprint density at radius 1 is 1.25 bits per heavy atom. The van der Waals surface area contributed by atoms with E-state index >= 15 is 0 Å². The van der Waals surface area contributed by atoms with E-state index < -0.39 is 11.6 Å². The van der Waals surface area contributed by atoms with Crippen LogP contribution in [0.1, 0.15) is 40.0 Å². The summed E-state index contributed by atoms with van der Waals surface area (Å²) in [6.45, 7) is 8.02. The number of methoxy groups -OCH3 is 1. The van der Waals surface area contributed by atoms with Crippen molar-refractivity contribution < 1.29 is 18.9 Å². The van der Waals surface area contributed by atoms with Gasteiger partial charge in [0.2, 0.25) is 0 Å². The highest BCUT2D eigenvalue weighted by Crippen LogP contribution is 2.32. The van der Waals surface area contributed by atoms with E-state index in [0.717, 1.165) is 19.3 Å². The molecule has 0 aromatic carbocycles. The molecule has 4 heteroatoms. The second-order valence-electron chi connectivity index (χ2n) is 4.23. The Kier molecular flexibility index (Phi) is 5.18. The average molecular weight is 232 g/mol. The van der Waals surface area contributed by atoms with E-state index in [1.165, 1.54) is 0 Å². The minimum absolute atomic E-state index is 0.420. The third-order valence-electron chi connectivity index (χ3n) is 3.19. The van der Waals surface area contributed by atoms with Crippen LogP contribution < -0.4 is 0 Å². The van der Waals surface area contributed by atoms with Crippen LogP contribution in [0.25, 0.3) is 0 Å². The van der Waals surface area contributed by atoms with E-state index in [9.17, 15) is 0 Å². The van der Waals surface area contributed by atoms with Crippen LogP contribution in [0, 0.1) is 0 Å². The normalized spacial score (nSPS) is 23.2. The molecule has 1 rings (SSSR count). The van der Waals surface area contributed by atoms with Gasteiger partial charge in [-0.3, -0.25) is 0 Å². The molecule has 1 fully saturated rings. The zero-order valence-corrected chi connectivity index (χ0v) is 10.9. The van der Waals surface area contributed by atoms with E-state index in [-0.39, 0.29) is 0 Å². The quantitative estimate of drug-likeness (QED) is 0.631. The lowest BCUT2D eigenvalue weighted by Crippen LogP contribution is -2.37. The summed E-state index contributed by atoms with van der Waals surface area (Å²) in [5.74, 6) is -0.955. The van der Waals surface area contributed by atoms with Crippen molar-refractivity contribution in [1.29, 1.82) is 0 Å². The van der Waals surface area contributed by atoms with Crippen LogP contribution >= 0.6 is 0 Å². The maximum absolute atomic E-state index is 5.67. The van der Waals surface area contributed by atoms with E-state index in [0.29, 0.717) is 19.8 Å². The summed E-state index contributed by atoms with van der Waals surface area (Å²) in [5.41, 5.74) is 0. The maximum Gasteiger partial charge on any atom is 0.168 e. The van der Waals surface area contributed by atoms with Gasteiger partial charge in [-0.05, 0) is 20.3 Å². The molecule has 1 heterocycles. The fraction of sp³-hybridized carbons (Fsp3) is 1.00. The van der Waals surface area contributed by atoms with Crippen LogP contribution in [0.15, 0.2) is 0 Å². The van der Waals surface area contributed by atoms with E-state index in [1.807, 2.05) is 13.8 Å². The third kappa shape index (κ3) is 3.42. The molecule has 0 aromatic rings. The van der Waals surface area contributed by atoms with Crippen molar-refractivity contribution in [3.63, 3.8) is 0 Å². The number of hydrogen-bond donors (Lipinski definition) is 0. The highest BCUT2D eigenvalue weighted by atomic mass is 16.7. The highest BCUT2D eigenvalue weighted by molar-refractivity contribution is 4.76. The molecule has 1 saturated heterocycles. The predicted octanol–water partition coefficient (Wildman–Crippen LogP) is 2.32. The van der Waals surface area contributed by atoms with Crippen molar-refractivity contribution in [2.45, 2.75) is 51.6 Å². The molecule has 1 aliphatic rings. The molecular weight excluding hydrogens is 208 g/mol. The molecule has 1 atom stereocenters. The smallest absolute Gasteiger partial charge is 0.168 e. The van der Waals surface area contributed by atoms with Gasteiger partial charge in [-0.25, -0.2) is 0 Å². The Balaban J connectivity index is 2.47. The minimum atomic E-state index is -0.535. The first kappa shape index (κ1) is 13.9. The van der Waals surface area contributed by atoms with Crippen molar-refractivity contribution in [1.82, 2.24) is 0 Å². The van der Waals surface area contributed by atoms with Crippen LogP contribution in [0.2, 0.25) is 0 Å². The Hall–Kier alpha value is -0.160. The van der Waals surface area contributed by atoms with Crippen molar-refractivity contribution in [3.05, 3.63) is 0 Å². The van der Waals surface area contributed by atoms with Gasteiger partial charge in [-0.2, -0.15) is 0 Å². The van der Waals surface area contributed by atoms with Gasteiger partial charge in [0.25, 0.3) is 0 Å². The molecule has 4 nitrogen and oxygen atoms in total. The molecule has 0 aliphatic carbocycles. The first-order valence-corrected chi connectivity index (χ1v) is 6.07. The van der Waals surface area contributed by atoms with Crippen LogP contribution in [0.4, 0.5) is 0 Å². The molecule has 0 aromatic heterocycles. The molecule has 0 N–H and O–H groups in total. The second-order valence-corrected chi connectivity index (χ2v) is 4.23. The Labute approximate surface area is 98.2 Å². The summed E-state index contributed by atoms with van der Waals surface area (Å²) in [7, 11) is 1.67. The summed E-state index contributed by atoms with van der Waals surface area (Å²) in [4.78, 5) is 0. The predicted molar refractivity (Wildman–Crippen MR) is 61.2 cm³/mol. The van der Waals surface area contributed by atoms with Crippen LogP contribution in [0.5, 0.6) is 0 Å². The second kappa shape index (κ2) is 5.96. The summed E-state index contributed by atoms with van der Waals surface area (Å²) in [6, 6.07) is 0. The van der Waals surface area contributed by atoms with Gasteiger partial charge in [0, 0.05) is 26.6 Å². The summed E-state index contributed by atoms with van der Waals surface area (Å²) in [6.07, 6.45) is 2.43. The van der Waals surface area contributed by atoms with Crippen LogP contribution in [0.3, 0.4) is 0 Å². The SMILES string of the molecule is CCO[C@@](C)(CCC1(CC)OCCO1)OC. The lowest BCUT2D eigenvalue weighted by molar-refractivity contribution is -0.233. The van der Waals surface area contributed by atoms with Crippen molar-refractivity contribution in [2.24, 2.45) is 0 Å².